The van der Waals surface area contributed by atoms with Gasteiger partial charge in [0.2, 0.25) is 0 Å². The molecule has 0 bridgehead atoms. The fourth-order valence-corrected chi connectivity index (χ4v) is 2.43. The highest BCUT2D eigenvalue weighted by molar-refractivity contribution is 14.0. The fourth-order valence-electron chi connectivity index (χ4n) is 2.43. The molecule has 0 aliphatic carbocycles. The molecule has 0 amide bonds. The molecule has 0 atom stereocenters. The molecule has 3 N–H and O–H groups in total. The van der Waals surface area contributed by atoms with Crippen LogP contribution in [0.25, 0.3) is 0 Å². The molecule has 2 aromatic carbocycles. The third-order valence-corrected chi connectivity index (χ3v) is 3.55. The quantitative estimate of drug-likeness (QED) is 0.339. The van der Waals surface area contributed by atoms with Gasteiger partial charge in [0.15, 0.2) is 5.96 Å². The number of nitrogens with one attached hydrogen (secondary N) is 1. The molecule has 0 radical (unpaired) electrons. The number of nitrogens with two attached hydrogens (primary N) is 1. The maximum Gasteiger partial charge on any atom is 0.573 e. The van der Waals surface area contributed by atoms with Gasteiger partial charge in [0.1, 0.15) is 5.75 Å². The van der Waals surface area contributed by atoms with Gasteiger partial charge in [0, 0.05) is 13.1 Å². The lowest BCUT2D eigenvalue weighted by molar-refractivity contribution is -0.274. The van der Waals surface area contributed by atoms with Crippen LogP contribution in [0.5, 0.6) is 5.75 Å². The zero-order valence-corrected chi connectivity index (χ0v) is 18.0. The van der Waals surface area contributed by atoms with Gasteiger partial charge in [0.05, 0.1) is 6.54 Å². The minimum atomic E-state index is -4.69. The van der Waals surface area contributed by atoms with Gasteiger partial charge in [-0.05, 0) is 42.9 Å². The van der Waals surface area contributed by atoms with Gasteiger partial charge in [-0.15, -0.1) is 37.1 Å². The van der Waals surface area contributed by atoms with Crippen molar-refractivity contribution in [1.29, 1.82) is 0 Å². The van der Waals surface area contributed by atoms with Gasteiger partial charge in [-0.25, -0.2) is 4.99 Å². The molecular formula is C19H24F3IN4O. The molecule has 2 aromatic rings. The summed E-state index contributed by atoms with van der Waals surface area (Å²) in [6.45, 7) is 1.64. The molecule has 5 nitrogen and oxygen atoms in total. The number of nitrogens with zero attached hydrogens (tertiary/aromatic N) is 2. The van der Waals surface area contributed by atoms with Crippen LogP contribution in [0.4, 0.5) is 13.2 Å². The van der Waals surface area contributed by atoms with E-state index in [1.807, 2.05) is 26.2 Å². The van der Waals surface area contributed by atoms with Crippen LogP contribution in [-0.4, -0.2) is 31.3 Å². The smallest absolute Gasteiger partial charge is 0.406 e. The molecule has 0 aromatic heterocycles. The Kier molecular flexibility index (Phi) is 9.53. The van der Waals surface area contributed by atoms with Crippen molar-refractivity contribution in [1.82, 2.24) is 10.2 Å². The van der Waals surface area contributed by atoms with Crippen molar-refractivity contribution in [3.05, 3.63) is 65.2 Å². The van der Waals surface area contributed by atoms with E-state index >= 15 is 0 Å². The van der Waals surface area contributed by atoms with Crippen LogP contribution < -0.4 is 15.8 Å². The molecule has 0 fully saturated rings. The van der Waals surface area contributed by atoms with Gasteiger partial charge in [-0.2, -0.15) is 0 Å². The molecule has 0 spiro atoms. The highest BCUT2D eigenvalue weighted by atomic mass is 127. The Labute approximate surface area is 179 Å². The standard InChI is InChI=1S/C19H23F3N4O.HI/c1-26(2)13-16-5-3-4-15(10-16)12-25-18(23)24-11-14-6-8-17(9-7-14)27-19(20,21)22;/h3-10H,11-13H2,1-2H3,(H3,23,24,25);1H. The van der Waals surface area contributed by atoms with Crippen molar-refractivity contribution in [2.45, 2.75) is 26.0 Å². The number of halogens is 4. The van der Waals surface area contributed by atoms with E-state index in [4.69, 9.17) is 5.73 Å². The van der Waals surface area contributed by atoms with Crippen LogP contribution >= 0.6 is 24.0 Å². The Morgan fingerprint density at radius 2 is 1.71 bits per heavy atom. The third-order valence-electron chi connectivity index (χ3n) is 3.55. The lowest BCUT2D eigenvalue weighted by Crippen LogP contribution is -2.31. The Bertz CT molecular complexity index is 765. The third kappa shape index (κ3) is 9.27. The van der Waals surface area contributed by atoms with Crippen molar-refractivity contribution in [2.75, 3.05) is 14.1 Å². The van der Waals surface area contributed by atoms with Crippen molar-refractivity contribution in [2.24, 2.45) is 10.7 Å². The summed E-state index contributed by atoms with van der Waals surface area (Å²) in [4.78, 5) is 6.38. The first-order valence-electron chi connectivity index (χ1n) is 8.32. The lowest BCUT2D eigenvalue weighted by atomic mass is 10.1. The summed E-state index contributed by atoms with van der Waals surface area (Å²) >= 11 is 0. The second-order valence-corrected chi connectivity index (χ2v) is 6.30. The second kappa shape index (κ2) is 11.1. The van der Waals surface area contributed by atoms with E-state index in [9.17, 15) is 13.2 Å². The van der Waals surface area contributed by atoms with Crippen LogP contribution in [0.3, 0.4) is 0 Å². The Morgan fingerprint density at radius 1 is 1.07 bits per heavy atom. The van der Waals surface area contributed by atoms with Crippen LogP contribution in [0.15, 0.2) is 53.5 Å². The number of rotatable bonds is 7. The van der Waals surface area contributed by atoms with Crippen LogP contribution in [0, 0.1) is 0 Å². The van der Waals surface area contributed by atoms with E-state index in [1.165, 1.54) is 29.8 Å². The normalized spacial score (nSPS) is 11.9. The summed E-state index contributed by atoms with van der Waals surface area (Å²) in [6, 6.07) is 13.7. The largest absolute Gasteiger partial charge is 0.573 e. The van der Waals surface area contributed by atoms with Crippen LogP contribution in [0.2, 0.25) is 0 Å². The van der Waals surface area contributed by atoms with E-state index in [2.05, 4.69) is 32.1 Å². The maximum absolute atomic E-state index is 12.1. The summed E-state index contributed by atoms with van der Waals surface area (Å²) in [6.07, 6.45) is -4.69. The number of aliphatic imine (C=N–C) groups is 1. The zero-order valence-electron chi connectivity index (χ0n) is 15.7. The minimum Gasteiger partial charge on any atom is -0.406 e. The molecule has 0 saturated heterocycles. The Morgan fingerprint density at radius 3 is 2.32 bits per heavy atom. The predicted octanol–water partition coefficient (Wildman–Crippen LogP) is 3.87. The molecule has 0 unspecified atom stereocenters. The zero-order chi connectivity index (χ0) is 19.9. The fraction of sp³-hybridized carbons (Fsp3) is 0.316. The maximum atomic E-state index is 12.1. The number of guanidine groups is 1. The molecular weight excluding hydrogens is 484 g/mol. The van der Waals surface area contributed by atoms with Crippen molar-refractivity contribution in [3.8, 4) is 5.75 Å². The molecule has 2 rings (SSSR count). The van der Waals surface area contributed by atoms with Crippen molar-refractivity contribution >= 4 is 29.9 Å². The van der Waals surface area contributed by atoms with Crippen LogP contribution in [-0.2, 0) is 19.6 Å². The molecule has 28 heavy (non-hydrogen) atoms. The minimum absolute atomic E-state index is 0. The average molecular weight is 508 g/mol. The van der Waals surface area contributed by atoms with Gasteiger partial charge < -0.3 is 20.7 Å². The van der Waals surface area contributed by atoms with E-state index in [1.54, 1.807) is 0 Å². The summed E-state index contributed by atoms with van der Waals surface area (Å²) in [5, 5.41) is 2.94. The topological polar surface area (TPSA) is 62.9 Å². The summed E-state index contributed by atoms with van der Waals surface area (Å²) < 4.78 is 40.2. The lowest BCUT2D eigenvalue weighted by Gasteiger charge is -2.11. The molecule has 0 aliphatic heterocycles. The Balaban J connectivity index is 0.00000392. The summed E-state index contributed by atoms with van der Waals surface area (Å²) in [5.74, 6) is 0.00845. The van der Waals surface area contributed by atoms with Crippen LogP contribution in [0.1, 0.15) is 16.7 Å². The highest BCUT2D eigenvalue weighted by Gasteiger charge is 2.30. The van der Waals surface area contributed by atoms with E-state index in [0.29, 0.717) is 13.1 Å². The van der Waals surface area contributed by atoms with Crippen molar-refractivity contribution in [3.63, 3.8) is 0 Å². The Hall–Kier alpha value is -2.01. The summed E-state index contributed by atoms with van der Waals surface area (Å²) in [7, 11) is 4.02. The SMILES string of the molecule is CN(C)Cc1cccc(CN=C(N)NCc2ccc(OC(F)(F)F)cc2)c1.I. The van der Waals surface area contributed by atoms with Gasteiger partial charge >= 0.3 is 6.36 Å². The molecule has 0 heterocycles. The summed E-state index contributed by atoms with van der Waals surface area (Å²) in [5.41, 5.74) is 8.86. The average Bonchev–Trinajstić information content (AvgIpc) is 2.58. The monoisotopic (exact) mass is 508 g/mol. The number of hydrogen-bond acceptors (Lipinski definition) is 3. The molecule has 0 saturated carbocycles. The predicted molar refractivity (Wildman–Crippen MR) is 115 cm³/mol. The van der Waals surface area contributed by atoms with Gasteiger partial charge in [-0.1, -0.05) is 36.4 Å². The second-order valence-electron chi connectivity index (χ2n) is 6.30. The first-order chi connectivity index (χ1) is 12.7. The molecule has 154 valence electrons. The highest BCUT2D eigenvalue weighted by Crippen LogP contribution is 2.22. The first-order valence-corrected chi connectivity index (χ1v) is 8.32. The molecule has 0 aliphatic rings. The number of ether oxygens (including phenoxy) is 1. The number of benzene rings is 2. The van der Waals surface area contributed by atoms with E-state index in [-0.39, 0.29) is 35.7 Å². The molecule has 9 heteroatoms. The van der Waals surface area contributed by atoms with E-state index in [0.717, 1.165) is 17.7 Å². The number of alkyl halides is 3. The van der Waals surface area contributed by atoms with Gasteiger partial charge in [-0.3, -0.25) is 0 Å². The first kappa shape index (κ1) is 24.0. The number of hydrogen-bond donors (Lipinski definition) is 2. The van der Waals surface area contributed by atoms with Gasteiger partial charge in [0.25, 0.3) is 0 Å². The van der Waals surface area contributed by atoms with Crippen molar-refractivity contribution < 1.29 is 17.9 Å². The van der Waals surface area contributed by atoms with E-state index < -0.39 is 6.36 Å².